The molecule has 2 aliphatic rings. The Hall–Kier alpha value is -3.88. The molecule has 184 valence electrons. The number of ether oxygens (including phenoxy) is 2. The predicted molar refractivity (Wildman–Crippen MR) is 125 cm³/mol. The molecule has 0 aromatic heterocycles. The van der Waals surface area contributed by atoms with E-state index in [4.69, 9.17) is 9.47 Å². The fourth-order valence-corrected chi connectivity index (χ4v) is 4.54. The number of carbonyl (C=O) groups excluding carboxylic acids is 4. The number of aryl methyl sites for hydroxylation is 1. The van der Waals surface area contributed by atoms with Crippen LogP contribution in [0, 0.1) is 6.92 Å². The van der Waals surface area contributed by atoms with Crippen LogP contribution in [0.1, 0.15) is 76.9 Å². The molecular formula is C26H28N2O7. The van der Waals surface area contributed by atoms with Gasteiger partial charge in [-0.25, -0.2) is 0 Å². The fourth-order valence-electron chi connectivity index (χ4n) is 4.54. The summed E-state index contributed by atoms with van der Waals surface area (Å²) >= 11 is 0. The van der Waals surface area contributed by atoms with Crippen LogP contribution in [0.5, 0.6) is 11.5 Å². The highest BCUT2D eigenvalue weighted by atomic mass is 16.7. The lowest BCUT2D eigenvalue weighted by Gasteiger charge is -2.27. The summed E-state index contributed by atoms with van der Waals surface area (Å²) in [6, 6.07) is 9.16. The number of fused-ring (bicyclic) bond motifs is 1. The van der Waals surface area contributed by atoms with E-state index in [2.05, 4.69) is 10.3 Å². The van der Waals surface area contributed by atoms with Crippen molar-refractivity contribution in [2.75, 3.05) is 7.11 Å². The van der Waals surface area contributed by atoms with Crippen molar-refractivity contribution < 1.29 is 33.5 Å². The second-order valence-electron chi connectivity index (χ2n) is 8.80. The zero-order valence-corrected chi connectivity index (χ0v) is 20.0. The molecule has 9 heteroatoms. The van der Waals surface area contributed by atoms with E-state index in [0.29, 0.717) is 17.1 Å². The molecule has 2 aromatic rings. The van der Waals surface area contributed by atoms with Crippen LogP contribution in [0.2, 0.25) is 0 Å². The first-order chi connectivity index (χ1) is 16.8. The van der Waals surface area contributed by atoms with E-state index in [1.807, 2.05) is 6.92 Å². The van der Waals surface area contributed by atoms with Crippen LogP contribution in [0.3, 0.4) is 0 Å². The molecule has 4 rings (SSSR count). The zero-order chi connectivity index (χ0) is 25.1. The van der Waals surface area contributed by atoms with E-state index in [0.717, 1.165) is 43.1 Å². The second-order valence-corrected chi connectivity index (χ2v) is 8.80. The van der Waals surface area contributed by atoms with Crippen molar-refractivity contribution in [2.24, 2.45) is 0 Å². The van der Waals surface area contributed by atoms with Crippen molar-refractivity contribution in [1.29, 1.82) is 0 Å². The van der Waals surface area contributed by atoms with Crippen molar-refractivity contribution in [3.63, 3.8) is 0 Å². The molecule has 0 radical (unpaired) electrons. The van der Waals surface area contributed by atoms with Gasteiger partial charge >= 0.3 is 5.97 Å². The van der Waals surface area contributed by atoms with Gasteiger partial charge in [-0.15, -0.1) is 0 Å². The first-order valence-corrected chi connectivity index (χ1v) is 11.6. The molecule has 9 nitrogen and oxygen atoms in total. The van der Waals surface area contributed by atoms with Gasteiger partial charge in [-0.05, 0) is 62.4 Å². The van der Waals surface area contributed by atoms with Gasteiger partial charge in [0.25, 0.3) is 17.7 Å². The van der Waals surface area contributed by atoms with Crippen LogP contribution < -0.4 is 15.0 Å². The Kier molecular flexibility index (Phi) is 7.04. The molecule has 0 saturated heterocycles. The first kappa shape index (κ1) is 24.3. The monoisotopic (exact) mass is 480 g/mol. The average molecular weight is 481 g/mol. The number of hydroxylamine groups is 1. The molecule has 35 heavy (non-hydrogen) atoms. The third-order valence-electron chi connectivity index (χ3n) is 6.24. The normalized spacial score (nSPS) is 16.1. The van der Waals surface area contributed by atoms with Crippen LogP contribution in [-0.4, -0.2) is 41.8 Å². The Morgan fingerprint density at radius 3 is 2.43 bits per heavy atom. The van der Waals surface area contributed by atoms with Crippen molar-refractivity contribution in [2.45, 2.75) is 58.1 Å². The number of amides is 3. The summed E-state index contributed by atoms with van der Waals surface area (Å²) in [5.74, 6) is -1.34. The molecule has 3 amide bonds. The van der Waals surface area contributed by atoms with Crippen LogP contribution in [0.15, 0.2) is 36.4 Å². The number of nitrogens with zero attached hydrogens (tertiary/aromatic N) is 1. The smallest absolute Gasteiger partial charge is 0.329 e. The van der Waals surface area contributed by atoms with Gasteiger partial charge < -0.3 is 14.3 Å². The third kappa shape index (κ3) is 5.13. The number of nitrogens with one attached hydrogen (secondary N) is 1. The number of carbonyl (C=O) groups is 4. The highest BCUT2D eigenvalue weighted by molar-refractivity contribution is 6.21. The average Bonchev–Trinajstić information content (AvgIpc) is 3.42. The topological polar surface area (TPSA) is 111 Å². The van der Waals surface area contributed by atoms with Crippen molar-refractivity contribution in [3.8, 4) is 11.5 Å². The number of methoxy groups -OCH3 is 1. The van der Waals surface area contributed by atoms with Crippen molar-refractivity contribution >= 4 is 23.7 Å². The zero-order valence-electron chi connectivity index (χ0n) is 20.0. The lowest BCUT2D eigenvalue weighted by Crippen LogP contribution is -2.38. The Labute approximate surface area is 203 Å². The third-order valence-corrected chi connectivity index (χ3v) is 6.24. The van der Waals surface area contributed by atoms with Gasteiger partial charge in [-0.1, -0.05) is 17.7 Å². The van der Waals surface area contributed by atoms with E-state index < -0.39 is 29.7 Å². The predicted octanol–water partition coefficient (Wildman–Crippen LogP) is 3.65. The van der Waals surface area contributed by atoms with Crippen molar-refractivity contribution in [1.82, 2.24) is 10.4 Å². The molecule has 1 N–H and O–H groups in total. The Morgan fingerprint density at radius 1 is 1.03 bits per heavy atom. The SMILES string of the molecule is COc1ccc([C@@H](CC(=O)NOC(C)=O)N2C(=O)c3ccc(C)cc3C2=O)cc1OC1CCCC1. The summed E-state index contributed by atoms with van der Waals surface area (Å²) in [4.78, 5) is 56.1. The highest BCUT2D eigenvalue weighted by Gasteiger charge is 2.41. The summed E-state index contributed by atoms with van der Waals surface area (Å²) in [5.41, 5.74) is 3.99. The molecule has 0 bridgehead atoms. The minimum absolute atomic E-state index is 0.0483. The Bertz CT molecular complexity index is 1170. The van der Waals surface area contributed by atoms with Crippen LogP contribution in [-0.2, 0) is 14.4 Å². The molecule has 1 heterocycles. The molecule has 1 atom stereocenters. The van der Waals surface area contributed by atoms with Gasteiger partial charge in [0.1, 0.15) is 0 Å². The largest absolute Gasteiger partial charge is 0.493 e. The maximum absolute atomic E-state index is 13.3. The number of benzene rings is 2. The van der Waals surface area contributed by atoms with E-state index >= 15 is 0 Å². The summed E-state index contributed by atoms with van der Waals surface area (Å²) in [6.45, 7) is 2.99. The molecule has 1 aliphatic carbocycles. The minimum atomic E-state index is -0.963. The van der Waals surface area contributed by atoms with Gasteiger partial charge in [0.05, 0.1) is 36.8 Å². The molecule has 1 aliphatic heterocycles. The first-order valence-electron chi connectivity index (χ1n) is 11.6. The summed E-state index contributed by atoms with van der Waals surface area (Å²) in [6.07, 6.45) is 3.76. The van der Waals surface area contributed by atoms with Crippen molar-refractivity contribution in [3.05, 3.63) is 58.7 Å². The van der Waals surface area contributed by atoms with Crippen LogP contribution >= 0.6 is 0 Å². The summed E-state index contributed by atoms with van der Waals surface area (Å²) in [5, 5.41) is 0. The van der Waals surface area contributed by atoms with E-state index in [1.54, 1.807) is 36.4 Å². The molecule has 0 spiro atoms. The molecule has 2 aromatic carbocycles. The molecule has 1 saturated carbocycles. The number of rotatable bonds is 7. The molecule has 1 fully saturated rings. The van der Waals surface area contributed by atoms with Gasteiger partial charge in [-0.3, -0.25) is 24.1 Å². The number of imide groups is 1. The van der Waals surface area contributed by atoms with E-state index in [9.17, 15) is 19.2 Å². The summed E-state index contributed by atoms with van der Waals surface area (Å²) in [7, 11) is 1.53. The Balaban J connectivity index is 1.71. The van der Waals surface area contributed by atoms with Gasteiger partial charge in [-0.2, -0.15) is 5.48 Å². The quantitative estimate of drug-likeness (QED) is 0.476. The maximum atomic E-state index is 13.3. The number of hydrogen-bond acceptors (Lipinski definition) is 7. The molecule has 0 unspecified atom stereocenters. The summed E-state index contributed by atoms with van der Waals surface area (Å²) < 4.78 is 11.6. The lowest BCUT2D eigenvalue weighted by molar-refractivity contribution is -0.156. The van der Waals surface area contributed by atoms with Gasteiger partial charge in [0.15, 0.2) is 11.5 Å². The number of hydrogen-bond donors (Lipinski definition) is 1. The van der Waals surface area contributed by atoms with E-state index in [-0.39, 0.29) is 23.7 Å². The van der Waals surface area contributed by atoms with Gasteiger partial charge in [0, 0.05) is 6.92 Å². The lowest BCUT2D eigenvalue weighted by atomic mass is 10.0. The van der Waals surface area contributed by atoms with Crippen LogP contribution in [0.4, 0.5) is 0 Å². The van der Waals surface area contributed by atoms with E-state index in [1.165, 1.54) is 7.11 Å². The highest BCUT2D eigenvalue weighted by Crippen LogP contribution is 2.39. The second kappa shape index (κ2) is 10.2. The molecular weight excluding hydrogens is 452 g/mol. The minimum Gasteiger partial charge on any atom is -0.493 e. The fraction of sp³-hybridized carbons (Fsp3) is 0.385. The maximum Gasteiger partial charge on any atom is 0.329 e. The van der Waals surface area contributed by atoms with Crippen LogP contribution in [0.25, 0.3) is 0 Å². The standard InChI is InChI=1S/C26H28N2O7/c1-15-8-10-19-20(12-15)26(32)28(25(19)31)21(14-24(30)27-35-16(2)29)17-9-11-22(33-3)23(13-17)34-18-6-4-5-7-18/h8-13,18,21H,4-7,14H2,1-3H3,(H,27,30)/t21-/m1/s1. The van der Waals surface area contributed by atoms with Gasteiger partial charge in [0.2, 0.25) is 0 Å². The Morgan fingerprint density at radius 2 is 1.74 bits per heavy atom.